The summed E-state index contributed by atoms with van der Waals surface area (Å²) in [6.45, 7) is 3.91. The maximum atomic E-state index is 11.9. The number of rotatable bonds is 4. The highest BCUT2D eigenvalue weighted by Gasteiger charge is 2.22. The van der Waals surface area contributed by atoms with Gasteiger partial charge in [0.05, 0.1) is 0 Å². The Morgan fingerprint density at radius 1 is 1.38 bits per heavy atom. The maximum absolute atomic E-state index is 11.9. The highest BCUT2D eigenvalue weighted by molar-refractivity contribution is 6.34. The lowest BCUT2D eigenvalue weighted by molar-refractivity contribution is -0.124. The summed E-state index contributed by atoms with van der Waals surface area (Å²) in [7, 11) is 0. The molecule has 4 nitrogen and oxygen atoms in total. The van der Waals surface area contributed by atoms with E-state index in [1.54, 1.807) is 18.2 Å². The maximum Gasteiger partial charge on any atom is 0.258 e. The van der Waals surface area contributed by atoms with E-state index in [2.05, 4.69) is 17.6 Å². The predicted molar refractivity (Wildman–Crippen MR) is 87.8 cm³/mol. The van der Waals surface area contributed by atoms with Crippen LogP contribution in [0.3, 0.4) is 0 Å². The Morgan fingerprint density at radius 2 is 2.05 bits per heavy atom. The van der Waals surface area contributed by atoms with Crippen LogP contribution in [0.25, 0.3) is 0 Å². The Morgan fingerprint density at radius 3 is 2.67 bits per heavy atom. The van der Waals surface area contributed by atoms with Gasteiger partial charge in [0, 0.05) is 22.6 Å². The van der Waals surface area contributed by atoms with Gasteiger partial charge < -0.3 is 15.4 Å². The lowest BCUT2D eigenvalue weighted by Crippen LogP contribution is -2.51. The van der Waals surface area contributed by atoms with E-state index in [9.17, 15) is 4.79 Å². The number of hydrogen-bond acceptors (Lipinski definition) is 3. The van der Waals surface area contributed by atoms with E-state index < -0.39 is 0 Å². The third-order valence-electron chi connectivity index (χ3n) is 3.38. The van der Waals surface area contributed by atoms with Crippen LogP contribution in [0.1, 0.15) is 13.3 Å². The van der Waals surface area contributed by atoms with Crippen LogP contribution >= 0.6 is 35.6 Å². The lowest BCUT2D eigenvalue weighted by atomic mass is 9.95. The van der Waals surface area contributed by atoms with Gasteiger partial charge in [-0.05, 0) is 37.1 Å². The lowest BCUT2D eigenvalue weighted by Gasteiger charge is -2.30. The Balaban J connectivity index is 0.00000220. The molecule has 21 heavy (non-hydrogen) atoms. The summed E-state index contributed by atoms with van der Waals surface area (Å²) in [5, 5.41) is 7.21. The molecule has 2 atom stereocenters. The number of carbonyl (C=O) groups is 1. The second-order valence-corrected chi connectivity index (χ2v) is 5.91. The molecule has 118 valence electrons. The fourth-order valence-corrected chi connectivity index (χ4v) is 2.70. The molecule has 0 aromatic heterocycles. The van der Waals surface area contributed by atoms with Crippen molar-refractivity contribution in [3.63, 3.8) is 0 Å². The second kappa shape index (κ2) is 8.69. The SMILES string of the molecule is CC1CCNCC1NC(=O)COc1cc(Cl)cc(Cl)c1.Cl. The molecule has 1 fully saturated rings. The summed E-state index contributed by atoms with van der Waals surface area (Å²) in [6.07, 6.45) is 1.07. The number of piperidine rings is 1. The van der Waals surface area contributed by atoms with Crippen LogP contribution in [0.5, 0.6) is 5.75 Å². The van der Waals surface area contributed by atoms with Gasteiger partial charge >= 0.3 is 0 Å². The fourth-order valence-electron chi connectivity index (χ4n) is 2.19. The van der Waals surface area contributed by atoms with E-state index in [1.807, 2.05) is 0 Å². The van der Waals surface area contributed by atoms with Crippen LogP contribution < -0.4 is 15.4 Å². The van der Waals surface area contributed by atoms with Gasteiger partial charge in [0.2, 0.25) is 0 Å². The number of benzene rings is 1. The summed E-state index contributed by atoms with van der Waals surface area (Å²) >= 11 is 11.7. The highest BCUT2D eigenvalue weighted by atomic mass is 35.5. The van der Waals surface area contributed by atoms with Gasteiger partial charge in [0.25, 0.3) is 5.91 Å². The molecule has 1 aromatic rings. The van der Waals surface area contributed by atoms with Gasteiger partial charge in [-0.2, -0.15) is 0 Å². The van der Waals surface area contributed by atoms with Gasteiger partial charge in [0.1, 0.15) is 5.75 Å². The predicted octanol–water partition coefficient (Wildman–Crippen LogP) is 2.91. The number of ether oxygens (including phenoxy) is 1. The van der Waals surface area contributed by atoms with Gasteiger partial charge in [-0.1, -0.05) is 30.1 Å². The third-order valence-corrected chi connectivity index (χ3v) is 3.82. The van der Waals surface area contributed by atoms with E-state index >= 15 is 0 Å². The molecule has 2 unspecified atom stereocenters. The topological polar surface area (TPSA) is 50.4 Å². The largest absolute Gasteiger partial charge is 0.484 e. The van der Waals surface area contributed by atoms with Crippen molar-refractivity contribution in [3.05, 3.63) is 28.2 Å². The first-order valence-corrected chi connectivity index (χ1v) is 7.39. The van der Waals surface area contributed by atoms with E-state index in [0.29, 0.717) is 21.7 Å². The van der Waals surface area contributed by atoms with Crippen molar-refractivity contribution in [2.75, 3.05) is 19.7 Å². The first-order valence-electron chi connectivity index (χ1n) is 6.63. The zero-order valence-corrected chi connectivity index (χ0v) is 14.0. The monoisotopic (exact) mass is 352 g/mol. The van der Waals surface area contributed by atoms with Crippen LogP contribution in [-0.2, 0) is 4.79 Å². The molecule has 2 rings (SSSR count). The molecule has 1 heterocycles. The second-order valence-electron chi connectivity index (χ2n) is 5.04. The van der Waals surface area contributed by atoms with E-state index in [4.69, 9.17) is 27.9 Å². The minimum absolute atomic E-state index is 0. The van der Waals surface area contributed by atoms with Crippen LogP contribution in [0.15, 0.2) is 18.2 Å². The Hall–Kier alpha value is -0.680. The number of hydrogen-bond donors (Lipinski definition) is 2. The molecule has 0 radical (unpaired) electrons. The summed E-state index contributed by atoms with van der Waals surface area (Å²) in [6, 6.07) is 5.03. The molecule has 0 spiro atoms. The van der Waals surface area contributed by atoms with Crippen LogP contribution in [0, 0.1) is 5.92 Å². The van der Waals surface area contributed by atoms with E-state index in [0.717, 1.165) is 19.5 Å². The standard InChI is InChI=1S/C14H18Cl2N2O2.ClH/c1-9-2-3-17-7-13(9)18-14(19)8-20-12-5-10(15)4-11(16)6-12;/h4-6,9,13,17H,2-3,7-8H2,1H3,(H,18,19);1H. The Bertz CT molecular complexity index is 465. The summed E-state index contributed by atoms with van der Waals surface area (Å²) < 4.78 is 5.40. The van der Waals surface area contributed by atoms with Crippen molar-refractivity contribution in [3.8, 4) is 5.75 Å². The molecule has 2 N–H and O–H groups in total. The quantitative estimate of drug-likeness (QED) is 0.875. The molecule has 1 aromatic carbocycles. The molecule has 1 aliphatic rings. The first kappa shape index (κ1) is 18.4. The molecule has 1 saturated heterocycles. The normalized spacial score (nSPS) is 21.3. The average Bonchev–Trinajstić information content (AvgIpc) is 2.38. The van der Waals surface area contributed by atoms with Crippen LogP contribution in [-0.4, -0.2) is 31.6 Å². The molecule has 0 aliphatic carbocycles. The first-order chi connectivity index (χ1) is 9.54. The van der Waals surface area contributed by atoms with Gasteiger partial charge in [0.15, 0.2) is 6.61 Å². The Kier molecular flexibility index (Phi) is 7.60. The molecule has 7 heteroatoms. The smallest absolute Gasteiger partial charge is 0.258 e. The van der Waals surface area contributed by atoms with Crippen molar-refractivity contribution >= 4 is 41.5 Å². The van der Waals surface area contributed by atoms with Crippen LogP contribution in [0.4, 0.5) is 0 Å². The summed E-state index contributed by atoms with van der Waals surface area (Å²) in [5.41, 5.74) is 0. The van der Waals surface area contributed by atoms with Crippen molar-refractivity contribution in [2.45, 2.75) is 19.4 Å². The minimum Gasteiger partial charge on any atom is -0.484 e. The molecular formula is C14H19Cl3N2O2. The molecule has 1 aliphatic heterocycles. The van der Waals surface area contributed by atoms with Gasteiger partial charge in [-0.15, -0.1) is 12.4 Å². The minimum atomic E-state index is -0.137. The molecule has 1 amide bonds. The number of halogens is 3. The van der Waals surface area contributed by atoms with Gasteiger partial charge in [-0.3, -0.25) is 4.79 Å². The molecule has 0 bridgehead atoms. The summed E-state index contributed by atoms with van der Waals surface area (Å²) in [4.78, 5) is 11.9. The summed E-state index contributed by atoms with van der Waals surface area (Å²) in [5.74, 6) is 0.829. The fraction of sp³-hybridized carbons (Fsp3) is 0.500. The zero-order valence-electron chi connectivity index (χ0n) is 11.7. The highest BCUT2D eigenvalue weighted by Crippen LogP contribution is 2.24. The van der Waals surface area contributed by atoms with Crippen molar-refractivity contribution in [2.24, 2.45) is 5.92 Å². The third kappa shape index (κ3) is 5.91. The average molecular weight is 354 g/mol. The number of carbonyl (C=O) groups excluding carboxylic acids is 1. The Labute approximate surface area is 140 Å². The van der Waals surface area contributed by atoms with E-state index in [1.165, 1.54) is 0 Å². The number of nitrogens with one attached hydrogen (secondary N) is 2. The zero-order chi connectivity index (χ0) is 14.5. The van der Waals surface area contributed by atoms with Crippen molar-refractivity contribution in [1.82, 2.24) is 10.6 Å². The van der Waals surface area contributed by atoms with Gasteiger partial charge in [-0.25, -0.2) is 0 Å². The van der Waals surface area contributed by atoms with Crippen molar-refractivity contribution in [1.29, 1.82) is 0 Å². The molecule has 0 saturated carbocycles. The molecular weight excluding hydrogens is 335 g/mol. The van der Waals surface area contributed by atoms with Crippen LogP contribution in [0.2, 0.25) is 10.0 Å². The van der Waals surface area contributed by atoms with E-state index in [-0.39, 0.29) is 31.0 Å². The van der Waals surface area contributed by atoms with Crippen molar-refractivity contribution < 1.29 is 9.53 Å². The number of amides is 1.